The maximum Gasteiger partial charge on any atom is 0.328 e. The van der Waals surface area contributed by atoms with Gasteiger partial charge in [0.1, 0.15) is 10.5 Å². The molecule has 3 unspecified atom stereocenters. The summed E-state index contributed by atoms with van der Waals surface area (Å²) in [7, 11) is 2.24. The molecule has 0 saturated carbocycles. The molecule has 2 saturated heterocycles. The number of hydrogen-bond donors (Lipinski definition) is 1. The van der Waals surface area contributed by atoms with Crippen LogP contribution in [0.1, 0.15) is 12.8 Å². The highest BCUT2D eigenvalue weighted by Gasteiger charge is 2.38. The van der Waals surface area contributed by atoms with Crippen molar-refractivity contribution >= 4 is 39.5 Å². The van der Waals surface area contributed by atoms with E-state index in [1.807, 2.05) is 0 Å². The first kappa shape index (κ1) is 11.7. The van der Waals surface area contributed by atoms with Crippen molar-refractivity contribution in [2.75, 3.05) is 0 Å². The van der Waals surface area contributed by atoms with Crippen molar-refractivity contribution in [1.82, 2.24) is 0 Å². The van der Waals surface area contributed by atoms with Gasteiger partial charge in [0.2, 0.25) is 6.29 Å². The molecule has 3 atom stereocenters. The van der Waals surface area contributed by atoms with E-state index in [0.29, 0.717) is 0 Å². The fourth-order valence-electron chi connectivity index (χ4n) is 1.28. The summed E-state index contributed by atoms with van der Waals surface area (Å²) in [6, 6.07) is 0. The second-order valence-corrected chi connectivity index (χ2v) is 5.97. The Morgan fingerprint density at radius 1 is 1.12 bits per heavy atom. The number of esters is 3. The monoisotopic (exact) mass is 264 g/mol. The van der Waals surface area contributed by atoms with Crippen molar-refractivity contribution in [3.8, 4) is 0 Å². The number of hydrogen-bond acceptors (Lipinski definition) is 8. The zero-order chi connectivity index (χ0) is 11.7. The third-order valence-electron chi connectivity index (χ3n) is 2.05. The van der Waals surface area contributed by atoms with Crippen molar-refractivity contribution in [1.29, 1.82) is 0 Å². The molecule has 0 aromatic carbocycles. The number of aliphatic hydroxyl groups is 1. The van der Waals surface area contributed by atoms with Crippen molar-refractivity contribution < 1.29 is 29.0 Å². The predicted octanol–water partition coefficient (Wildman–Crippen LogP) is -0.156. The normalized spacial score (nSPS) is 34.1. The van der Waals surface area contributed by atoms with Crippen LogP contribution in [0.25, 0.3) is 0 Å². The summed E-state index contributed by atoms with van der Waals surface area (Å²) in [5.41, 5.74) is 0. The van der Waals surface area contributed by atoms with Gasteiger partial charge in [-0.15, -0.1) is 0 Å². The molecule has 8 heteroatoms. The van der Waals surface area contributed by atoms with Gasteiger partial charge in [0.25, 0.3) is 0 Å². The lowest BCUT2D eigenvalue weighted by Gasteiger charge is -2.05. The van der Waals surface area contributed by atoms with Crippen LogP contribution in [0.15, 0.2) is 0 Å². The van der Waals surface area contributed by atoms with Gasteiger partial charge in [-0.2, -0.15) is 0 Å². The summed E-state index contributed by atoms with van der Waals surface area (Å²) < 4.78 is 8.90. The standard InChI is InChI=1S/C8H8O6S2/c9-5-1-3(7(11)13-5)15-16-4-2-6(10)14-8(4)12/h3-5,9H,1-2H2. The van der Waals surface area contributed by atoms with E-state index in [1.54, 1.807) is 0 Å². The fraction of sp³-hybridized carbons (Fsp3) is 0.625. The fourth-order valence-corrected chi connectivity index (χ4v) is 3.97. The van der Waals surface area contributed by atoms with Crippen LogP contribution in [0, 0.1) is 0 Å². The van der Waals surface area contributed by atoms with E-state index in [4.69, 9.17) is 5.11 Å². The van der Waals surface area contributed by atoms with E-state index in [2.05, 4.69) is 9.47 Å². The van der Waals surface area contributed by atoms with Crippen LogP contribution in [0.5, 0.6) is 0 Å². The quantitative estimate of drug-likeness (QED) is 0.427. The minimum absolute atomic E-state index is 0.0286. The summed E-state index contributed by atoms with van der Waals surface area (Å²) in [5.74, 6) is -1.62. The predicted molar refractivity (Wildman–Crippen MR) is 55.2 cm³/mol. The molecule has 2 fully saturated rings. The van der Waals surface area contributed by atoms with E-state index in [9.17, 15) is 14.4 Å². The number of aliphatic hydroxyl groups excluding tert-OH is 1. The Morgan fingerprint density at radius 3 is 2.31 bits per heavy atom. The van der Waals surface area contributed by atoms with Crippen LogP contribution in [0.2, 0.25) is 0 Å². The first-order valence-electron chi connectivity index (χ1n) is 4.51. The van der Waals surface area contributed by atoms with Crippen molar-refractivity contribution in [3.63, 3.8) is 0 Å². The lowest BCUT2D eigenvalue weighted by molar-refractivity contribution is -0.154. The summed E-state index contributed by atoms with van der Waals surface area (Å²) in [6.07, 6.45) is -0.838. The number of carbonyl (C=O) groups is 3. The van der Waals surface area contributed by atoms with Crippen LogP contribution >= 0.6 is 21.6 Å². The minimum atomic E-state index is -1.07. The highest BCUT2D eigenvalue weighted by Crippen LogP contribution is 2.39. The average Bonchev–Trinajstić information content (AvgIpc) is 2.66. The Kier molecular flexibility index (Phi) is 3.41. The molecule has 0 bridgehead atoms. The zero-order valence-electron chi connectivity index (χ0n) is 7.95. The molecule has 16 heavy (non-hydrogen) atoms. The third kappa shape index (κ3) is 2.50. The second kappa shape index (κ2) is 4.64. The molecule has 1 N–H and O–H groups in total. The SMILES string of the molecule is O=C1CC(SSC2CC(O)OC2=O)C(=O)O1. The van der Waals surface area contributed by atoms with E-state index in [-0.39, 0.29) is 12.8 Å². The van der Waals surface area contributed by atoms with Crippen LogP contribution < -0.4 is 0 Å². The molecular weight excluding hydrogens is 256 g/mol. The van der Waals surface area contributed by atoms with Crippen molar-refractivity contribution in [3.05, 3.63) is 0 Å². The molecular formula is C8H8O6S2. The van der Waals surface area contributed by atoms with Gasteiger partial charge in [0.15, 0.2) is 0 Å². The Hall–Kier alpha value is -0.730. The van der Waals surface area contributed by atoms with Crippen LogP contribution in [0.4, 0.5) is 0 Å². The Morgan fingerprint density at radius 2 is 1.81 bits per heavy atom. The third-order valence-corrected chi connectivity index (χ3v) is 5.09. The van der Waals surface area contributed by atoms with Crippen molar-refractivity contribution in [2.24, 2.45) is 0 Å². The molecule has 0 aromatic rings. The molecule has 2 rings (SSSR count). The van der Waals surface area contributed by atoms with Gasteiger partial charge in [0.05, 0.1) is 6.42 Å². The van der Waals surface area contributed by atoms with Gasteiger partial charge in [-0.3, -0.25) is 14.4 Å². The van der Waals surface area contributed by atoms with Gasteiger partial charge in [-0.05, 0) is 0 Å². The number of ether oxygens (including phenoxy) is 2. The number of cyclic esters (lactones) is 3. The molecule has 0 radical (unpaired) electrons. The van der Waals surface area contributed by atoms with Gasteiger partial charge in [-0.1, -0.05) is 21.6 Å². The summed E-state index contributed by atoms with van der Waals surface area (Å²) in [5, 5.41) is 7.98. The smallest absolute Gasteiger partial charge is 0.328 e. The summed E-state index contributed by atoms with van der Waals surface area (Å²) in [6.45, 7) is 0. The molecule has 2 aliphatic heterocycles. The second-order valence-electron chi connectivity index (χ2n) is 3.29. The zero-order valence-corrected chi connectivity index (χ0v) is 9.58. The molecule has 0 spiro atoms. The van der Waals surface area contributed by atoms with Gasteiger partial charge in [-0.25, -0.2) is 0 Å². The molecule has 0 aliphatic carbocycles. The molecule has 6 nitrogen and oxygen atoms in total. The molecule has 2 aliphatic rings. The highest BCUT2D eigenvalue weighted by atomic mass is 33.1. The van der Waals surface area contributed by atoms with Gasteiger partial charge in [0, 0.05) is 6.42 Å². The van der Waals surface area contributed by atoms with Crippen LogP contribution in [-0.4, -0.2) is 39.8 Å². The van der Waals surface area contributed by atoms with Crippen molar-refractivity contribution in [2.45, 2.75) is 29.6 Å². The maximum atomic E-state index is 11.1. The van der Waals surface area contributed by atoms with E-state index < -0.39 is 34.7 Å². The van der Waals surface area contributed by atoms with Gasteiger partial charge >= 0.3 is 17.9 Å². The van der Waals surface area contributed by atoms with Crippen LogP contribution in [0.3, 0.4) is 0 Å². The van der Waals surface area contributed by atoms with E-state index in [0.717, 1.165) is 21.6 Å². The molecule has 2 heterocycles. The molecule has 0 aromatic heterocycles. The summed E-state index contributed by atoms with van der Waals surface area (Å²) in [4.78, 5) is 33.0. The summed E-state index contributed by atoms with van der Waals surface area (Å²) >= 11 is 0. The number of rotatable bonds is 3. The van der Waals surface area contributed by atoms with Gasteiger partial charge < -0.3 is 14.6 Å². The topological polar surface area (TPSA) is 89.9 Å². The van der Waals surface area contributed by atoms with E-state index in [1.165, 1.54) is 0 Å². The first-order chi connectivity index (χ1) is 7.56. The maximum absolute atomic E-state index is 11.1. The van der Waals surface area contributed by atoms with E-state index >= 15 is 0 Å². The molecule has 88 valence electrons. The average molecular weight is 264 g/mol. The first-order valence-corrected chi connectivity index (χ1v) is 6.79. The minimum Gasteiger partial charge on any atom is -0.435 e. The Balaban J connectivity index is 1.82. The lowest BCUT2D eigenvalue weighted by atomic mass is 10.3. The lowest BCUT2D eigenvalue weighted by Crippen LogP contribution is -2.12. The molecule has 0 amide bonds. The largest absolute Gasteiger partial charge is 0.435 e. The Bertz CT molecular complexity index is 343. The van der Waals surface area contributed by atoms with Crippen LogP contribution in [-0.2, 0) is 23.9 Å². The highest BCUT2D eigenvalue weighted by molar-refractivity contribution is 8.77. The Labute approximate surface area is 98.4 Å². The number of carbonyl (C=O) groups excluding carboxylic acids is 3.